The van der Waals surface area contributed by atoms with Gasteiger partial charge in [-0.3, -0.25) is 9.69 Å². The van der Waals surface area contributed by atoms with Crippen molar-refractivity contribution in [1.82, 2.24) is 19.8 Å². The van der Waals surface area contributed by atoms with Crippen LogP contribution in [-0.2, 0) is 16.1 Å². The lowest BCUT2D eigenvalue weighted by molar-refractivity contribution is -0.141. The maximum atomic E-state index is 12.8. The SMILES string of the molecule is Cc1cccc(-c2ncc(CN3CCC[C@H](C(=O)N4CCOCC4)C3)cn2)c1. The standard InChI is InChI=1S/C22H28N4O2/c1-17-4-2-5-19(12-17)21-23-13-18(14-24-21)15-25-7-3-6-20(16-25)22(27)26-8-10-28-11-9-26/h2,4-5,12-14,20H,3,6-11,15-16H2,1H3/t20-/m0/s1. The number of hydrogen-bond acceptors (Lipinski definition) is 5. The van der Waals surface area contributed by atoms with Crippen molar-refractivity contribution in [3.8, 4) is 11.4 Å². The van der Waals surface area contributed by atoms with Crippen molar-refractivity contribution < 1.29 is 9.53 Å². The van der Waals surface area contributed by atoms with Crippen molar-refractivity contribution in [1.29, 1.82) is 0 Å². The highest BCUT2D eigenvalue weighted by atomic mass is 16.5. The number of benzene rings is 1. The molecule has 6 nitrogen and oxygen atoms in total. The van der Waals surface area contributed by atoms with Gasteiger partial charge in [0.15, 0.2) is 5.82 Å². The molecule has 3 heterocycles. The van der Waals surface area contributed by atoms with Gasteiger partial charge in [-0.15, -0.1) is 0 Å². The molecular formula is C22H28N4O2. The molecule has 148 valence electrons. The largest absolute Gasteiger partial charge is 0.378 e. The Kier molecular flexibility index (Phi) is 5.98. The number of piperidine rings is 1. The predicted octanol–water partition coefficient (Wildman–Crippen LogP) is 2.52. The second-order valence-electron chi connectivity index (χ2n) is 7.80. The molecule has 0 saturated carbocycles. The molecule has 0 aliphatic carbocycles. The first-order valence-electron chi connectivity index (χ1n) is 10.2. The number of amides is 1. The zero-order valence-corrected chi connectivity index (χ0v) is 16.5. The van der Waals surface area contributed by atoms with Gasteiger partial charge in [0.1, 0.15) is 0 Å². The lowest BCUT2D eigenvalue weighted by Crippen LogP contribution is -2.48. The molecule has 0 spiro atoms. The Balaban J connectivity index is 1.36. The molecule has 0 radical (unpaired) electrons. The van der Waals surface area contributed by atoms with E-state index in [0.29, 0.717) is 19.1 Å². The van der Waals surface area contributed by atoms with Gasteiger partial charge >= 0.3 is 0 Å². The van der Waals surface area contributed by atoms with E-state index in [4.69, 9.17) is 4.74 Å². The van der Waals surface area contributed by atoms with Crippen LogP contribution in [0.15, 0.2) is 36.7 Å². The van der Waals surface area contributed by atoms with E-state index in [1.54, 1.807) is 0 Å². The number of aromatic nitrogens is 2. The van der Waals surface area contributed by atoms with Crippen LogP contribution in [0.1, 0.15) is 24.0 Å². The fraction of sp³-hybridized carbons (Fsp3) is 0.500. The molecule has 2 fully saturated rings. The van der Waals surface area contributed by atoms with E-state index in [-0.39, 0.29) is 5.92 Å². The van der Waals surface area contributed by atoms with E-state index < -0.39 is 0 Å². The smallest absolute Gasteiger partial charge is 0.227 e. The second kappa shape index (κ2) is 8.80. The summed E-state index contributed by atoms with van der Waals surface area (Å²) >= 11 is 0. The predicted molar refractivity (Wildman–Crippen MR) is 108 cm³/mol. The van der Waals surface area contributed by atoms with E-state index in [0.717, 1.165) is 62.5 Å². The Bertz CT molecular complexity index is 802. The van der Waals surface area contributed by atoms with Crippen molar-refractivity contribution in [2.24, 2.45) is 5.92 Å². The molecule has 2 aliphatic rings. The third kappa shape index (κ3) is 4.56. The number of nitrogens with zero attached hydrogens (tertiary/aromatic N) is 4. The lowest BCUT2D eigenvalue weighted by atomic mass is 9.96. The normalized spacial score (nSPS) is 20.9. The van der Waals surface area contributed by atoms with E-state index in [1.165, 1.54) is 5.56 Å². The average Bonchev–Trinajstić information content (AvgIpc) is 2.74. The summed E-state index contributed by atoms with van der Waals surface area (Å²) in [5.74, 6) is 1.14. The van der Waals surface area contributed by atoms with Crippen molar-refractivity contribution in [2.45, 2.75) is 26.3 Å². The van der Waals surface area contributed by atoms with E-state index in [9.17, 15) is 4.79 Å². The lowest BCUT2D eigenvalue weighted by Gasteiger charge is -2.36. The van der Waals surface area contributed by atoms with Crippen LogP contribution in [0.3, 0.4) is 0 Å². The first-order valence-corrected chi connectivity index (χ1v) is 10.2. The second-order valence-corrected chi connectivity index (χ2v) is 7.80. The Morgan fingerprint density at radius 1 is 1.18 bits per heavy atom. The minimum atomic E-state index is 0.0966. The number of carbonyl (C=O) groups excluding carboxylic acids is 1. The van der Waals surface area contributed by atoms with Gasteiger partial charge < -0.3 is 9.64 Å². The molecule has 2 saturated heterocycles. The zero-order valence-electron chi connectivity index (χ0n) is 16.5. The van der Waals surface area contributed by atoms with Crippen LogP contribution >= 0.6 is 0 Å². The van der Waals surface area contributed by atoms with Gasteiger partial charge in [0.05, 0.1) is 19.1 Å². The summed E-state index contributed by atoms with van der Waals surface area (Å²) < 4.78 is 5.37. The molecule has 1 aromatic carbocycles. The van der Waals surface area contributed by atoms with Crippen LogP contribution in [-0.4, -0.2) is 65.1 Å². The summed E-state index contributed by atoms with van der Waals surface area (Å²) in [6.45, 7) is 7.47. The number of ether oxygens (including phenoxy) is 1. The average molecular weight is 380 g/mol. The molecule has 4 rings (SSSR count). The molecular weight excluding hydrogens is 352 g/mol. The van der Waals surface area contributed by atoms with E-state index in [1.807, 2.05) is 29.4 Å². The van der Waals surface area contributed by atoms with Crippen molar-refractivity contribution in [3.63, 3.8) is 0 Å². The maximum absolute atomic E-state index is 12.8. The maximum Gasteiger partial charge on any atom is 0.227 e. The summed E-state index contributed by atoms with van der Waals surface area (Å²) in [4.78, 5) is 26.2. The quantitative estimate of drug-likeness (QED) is 0.816. The highest BCUT2D eigenvalue weighted by Crippen LogP contribution is 2.22. The van der Waals surface area contributed by atoms with Crippen LogP contribution < -0.4 is 0 Å². The molecule has 6 heteroatoms. The van der Waals surface area contributed by atoms with Gasteiger partial charge in [-0.25, -0.2) is 9.97 Å². The number of aryl methyl sites for hydroxylation is 1. The van der Waals surface area contributed by atoms with Gasteiger partial charge in [0.2, 0.25) is 5.91 Å². The van der Waals surface area contributed by atoms with Crippen molar-refractivity contribution in [2.75, 3.05) is 39.4 Å². The summed E-state index contributed by atoms with van der Waals surface area (Å²) in [7, 11) is 0. The molecule has 1 amide bonds. The van der Waals surface area contributed by atoms with Gasteiger partial charge in [-0.05, 0) is 32.4 Å². The number of likely N-dealkylation sites (tertiary alicyclic amines) is 1. The number of morpholine rings is 1. The van der Waals surface area contributed by atoms with Crippen LogP contribution in [0.2, 0.25) is 0 Å². The molecule has 1 atom stereocenters. The van der Waals surface area contributed by atoms with Gasteiger partial charge in [0.25, 0.3) is 0 Å². The molecule has 0 unspecified atom stereocenters. The fourth-order valence-electron chi connectivity index (χ4n) is 4.07. The summed E-state index contributed by atoms with van der Waals surface area (Å²) in [6.07, 6.45) is 5.87. The first kappa shape index (κ1) is 19.0. The molecule has 2 aliphatic heterocycles. The van der Waals surface area contributed by atoms with Crippen LogP contribution in [0.4, 0.5) is 0 Å². The number of carbonyl (C=O) groups is 1. The van der Waals surface area contributed by atoms with Gasteiger partial charge in [-0.1, -0.05) is 23.8 Å². The van der Waals surface area contributed by atoms with E-state index in [2.05, 4.69) is 33.9 Å². The summed E-state index contributed by atoms with van der Waals surface area (Å²) in [5.41, 5.74) is 3.34. The number of hydrogen-bond donors (Lipinski definition) is 0. The first-order chi connectivity index (χ1) is 13.7. The minimum Gasteiger partial charge on any atom is -0.378 e. The van der Waals surface area contributed by atoms with Gasteiger partial charge in [-0.2, -0.15) is 0 Å². The molecule has 28 heavy (non-hydrogen) atoms. The fourth-order valence-corrected chi connectivity index (χ4v) is 4.07. The highest BCUT2D eigenvalue weighted by Gasteiger charge is 2.30. The minimum absolute atomic E-state index is 0.0966. The zero-order chi connectivity index (χ0) is 19.3. The van der Waals surface area contributed by atoms with Gasteiger partial charge in [0, 0.05) is 49.7 Å². The highest BCUT2D eigenvalue weighted by molar-refractivity contribution is 5.79. The summed E-state index contributed by atoms with van der Waals surface area (Å²) in [6, 6.07) is 8.24. The molecule has 2 aromatic rings. The van der Waals surface area contributed by atoms with Crippen molar-refractivity contribution in [3.05, 3.63) is 47.8 Å². The topological polar surface area (TPSA) is 58.6 Å². The van der Waals surface area contributed by atoms with Crippen LogP contribution in [0.25, 0.3) is 11.4 Å². The Labute approximate surface area is 166 Å². The Hall–Kier alpha value is -2.31. The third-order valence-electron chi connectivity index (χ3n) is 5.57. The van der Waals surface area contributed by atoms with E-state index >= 15 is 0 Å². The van der Waals surface area contributed by atoms with Crippen LogP contribution in [0.5, 0.6) is 0 Å². The summed E-state index contributed by atoms with van der Waals surface area (Å²) in [5, 5.41) is 0. The molecule has 0 N–H and O–H groups in total. The van der Waals surface area contributed by atoms with Crippen LogP contribution in [0, 0.1) is 12.8 Å². The third-order valence-corrected chi connectivity index (χ3v) is 5.57. The molecule has 1 aromatic heterocycles. The molecule has 0 bridgehead atoms. The Morgan fingerprint density at radius 3 is 2.71 bits per heavy atom. The van der Waals surface area contributed by atoms with Crippen molar-refractivity contribution >= 4 is 5.91 Å². The Morgan fingerprint density at radius 2 is 1.96 bits per heavy atom. The monoisotopic (exact) mass is 380 g/mol. The number of rotatable bonds is 4.